The monoisotopic (exact) mass is 454 g/mol. The third-order valence-electron chi connectivity index (χ3n) is 10.5. The van der Waals surface area contributed by atoms with Gasteiger partial charge in [0.25, 0.3) is 0 Å². The van der Waals surface area contributed by atoms with Gasteiger partial charge in [0, 0.05) is 22.7 Å². The Balaban J connectivity index is 1.05. The van der Waals surface area contributed by atoms with Crippen LogP contribution in [-0.4, -0.2) is 33.0 Å². The Morgan fingerprint density at radius 3 is 2.09 bits per heavy atom. The summed E-state index contributed by atoms with van der Waals surface area (Å²) in [5.74, 6) is 2.25. The summed E-state index contributed by atoms with van der Waals surface area (Å²) in [5.41, 5.74) is 6.48. The van der Waals surface area contributed by atoms with E-state index < -0.39 is 0 Å². The van der Waals surface area contributed by atoms with Crippen LogP contribution in [0.5, 0.6) is 0 Å². The first-order chi connectivity index (χ1) is 16.7. The Labute approximate surface area is 200 Å². The lowest BCUT2D eigenvalue weighted by Crippen LogP contribution is -2.45. The van der Waals surface area contributed by atoms with Crippen molar-refractivity contribution in [1.29, 1.82) is 0 Å². The van der Waals surface area contributed by atoms with E-state index >= 15 is 0 Å². The molecular formula is C28H34N6. The Bertz CT molecular complexity index is 1230. The first kappa shape index (κ1) is 19.8. The van der Waals surface area contributed by atoms with Crippen molar-refractivity contribution < 1.29 is 0 Å². The summed E-state index contributed by atoms with van der Waals surface area (Å²) in [6.45, 7) is 2.21. The Hall–Kier alpha value is -2.44. The third-order valence-corrected chi connectivity index (χ3v) is 10.5. The van der Waals surface area contributed by atoms with Gasteiger partial charge in [0.05, 0.1) is 24.0 Å². The van der Waals surface area contributed by atoms with Crippen molar-refractivity contribution in [3.05, 3.63) is 59.6 Å². The van der Waals surface area contributed by atoms with E-state index in [0.717, 1.165) is 30.4 Å². The molecule has 1 spiro atoms. The van der Waals surface area contributed by atoms with Crippen LogP contribution in [0.2, 0.25) is 0 Å². The summed E-state index contributed by atoms with van der Waals surface area (Å²) in [5, 5.41) is 7.14. The fourth-order valence-electron chi connectivity index (χ4n) is 8.54. The summed E-state index contributed by atoms with van der Waals surface area (Å²) >= 11 is 0. The zero-order valence-electron chi connectivity index (χ0n) is 19.8. The summed E-state index contributed by atoms with van der Waals surface area (Å²) in [4.78, 5) is 16.9. The Morgan fingerprint density at radius 1 is 0.735 bits per heavy atom. The molecular weight excluding hydrogens is 420 g/mol. The zero-order chi connectivity index (χ0) is 22.4. The maximum Gasteiger partial charge on any atom is 0.123 e. The average molecular weight is 455 g/mol. The number of aromatic nitrogens is 4. The summed E-state index contributed by atoms with van der Waals surface area (Å²) in [7, 11) is 0. The molecule has 4 N–H and O–H groups in total. The second-order valence-corrected chi connectivity index (χ2v) is 11.7. The second-order valence-electron chi connectivity index (χ2n) is 11.7. The number of rotatable bonds is 5. The second kappa shape index (κ2) is 6.82. The topological polar surface area (TPSA) is 81.4 Å². The maximum atomic E-state index is 4.85. The number of imidazole rings is 2. The highest BCUT2D eigenvalue weighted by atomic mass is 15.1. The molecule has 5 atom stereocenters. The number of H-pyrrole nitrogens is 2. The van der Waals surface area contributed by atoms with Gasteiger partial charge in [0.1, 0.15) is 11.6 Å². The summed E-state index contributed by atoms with van der Waals surface area (Å²) in [6.07, 6.45) is 15.7. The van der Waals surface area contributed by atoms with Crippen LogP contribution >= 0.6 is 0 Å². The molecule has 2 aromatic heterocycles. The van der Waals surface area contributed by atoms with E-state index in [4.69, 9.17) is 4.98 Å². The molecule has 0 amide bonds. The van der Waals surface area contributed by atoms with Gasteiger partial charge in [-0.2, -0.15) is 0 Å². The standard InChI is InChI=1S/C28H34N6/c1-3-20(29-13-1)24-31-15-22(33-24)18-5-7-19(8-6-18)27-10-9-26(11-12-28(26,27)17-27)23-16-32-25(34-23)21-4-2-14-30-21/h5-8,15-16,20-21,29-30H,1-4,9-14,17H2,(H,31,33)(H,32,34). The lowest BCUT2D eigenvalue weighted by Gasteiger charge is -2.48. The van der Waals surface area contributed by atoms with E-state index in [1.807, 2.05) is 6.20 Å². The molecule has 6 heteroatoms. The highest BCUT2D eigenvalue weighted by Gasteiger charge is 2.84. The Kier molecular flexibility index (Phi) is 3.98. The molecule has 5 unspecified atom stereocenters. The van der Waals surface area contributed by atoms with Crippen LogP contribution in [-0.2, 0) is 10.8 Å². The molecule has 5 aliphatic rings. The molecule has 34 heavy (non-hydrogen) atoms. The van der Waals surface area contributed by atoms with Gasteiger partial charge in [0.15, 0.2) is 0 Å². The molecule has 176 valence electrons. The van der Waals surface area contributed by atoms with Crippen LogP contribution in [0, 0.1) is 5.41 Å². The van der Waals surface area contributed by atoms with Crippen LogP contribution in [0.4, 0.5) is 0 Å². The minimum atomic E-state index is 0.322. The molecule has 1 aromatic carbocycles. The van der Waals surface area contributed by atoms with E-state index in [2.05, 4.69) is 56.0 Å². The predicted octanol–water partition coefficient (Wildman–Crippen LogP) is 4.80. The molecule has 3 aromatic rings. The molecule has 3 saturated carbocycles. The van der Waals surface area contributed by atoms with Gasteiger partial charge in [-0.25, -0.2) is 9.97 Å². The first-order valence-corrected chi connectivity index (χ1v) is 13.4. The Morgan fingerprint density at radius 2 is 1.41 bits per heavy atom. The normalized spacial score (nSPS) is 38.0. The molecule has 0 radical (unpaired) electrons. The van der Waals surface area contributed by atoms with Crippen LogP contribution in [0.3, 0.4) is 0 Å². The van der Waals surface area contributed by atoms with E-state index in [1.165, 1.54) is 69.0 Å². The number of benzene rings is 1. The van der Waals surface area contributed by atoms with Crippen LogP contribution in [0.1, 0.15) is 92.8 Å². The van der Waals surface area contributed by atoms with E-state index in [-0.39, 0.29) is 0 Å². The molecule has 6 nitrogen and oxygen atoms in total. The van der Waals surface area contributed by atoms with Crippen molar-refractivity contribution in [2.24, 2.45) is 5.41 Å². The molecule has 5 fully saturated rings. The number of nitrogens with one attached hydrogen (secondary N) is 4. The smallest absolute Gasteiger partial charge is 0.123 e. The van der Waals surface area contributed by atoms with Crippen molar-refractivity contribution in [2.75, 3.05) is 13.1 Å². The van der Waals surface area contributed by atoms with E-state index in [9.17, 15) is 0 Å². The predicted molar refractivity (Wildman–Crippen MR) is 131 cm³/mol. The van der Waals surface area contributed by atoms with E-state index in [1.54, 1.807) is 5.56 Å². The fourth-order valence-corrected chi connectivity index (χ4v) is 8.54. The van der Waals surface area contributed by atoms with Crippen LogP contribution in [0.25, 0.3) is 11.3 Å². The minimum absolute atomic E-state index is 0.322. The molecule has 2 aliphatic heterocycles. The average Bonchev–Trinajstić information content (AvgIpc) is 3.55. The number of nitrogens with zero attached hydrogens (tertiary/aromatic N) is 2. The van der Waals surface area contributed by atoms with Crippen molar-refractivity contribution in [2.45, 2.75) is 80.7 Å². The number of hydrogen-bond acceptors (Lipinski definition) is 4. The molecule has 4 heterocycles. The number of aromatic amines is 2. The van der Waals surface area contributed by atoms with Crippen molar-refractivity contribution in [1.82, 2.24) is 30.6 Å². The molecule has 2 saturated heterocycles. The van der Waals surface area contributed by atoms with Gasteiger partial charge in [-0.1, -0.05) is 24.3 Å². The van der Waals surface area contributed by atoms with Gasteiger partial charge < -0.3 is 20.6 Å². The first-order valence-electron chi connectivity index (χ1n) is 13.4. The number of hydrogen-bond donors (Lipinski definition) is 4. The lowest BCUT2D eigenvalue weighted by atomic mass is 9.55. The fraction of sp³-hybridized carbons (Fsp3) is 0.571. The van der Waals surface area contributed by atoms with Crippen molar-refractivity contribution in [3.8, 4) is 11.3 Å². The molecule has 0 bridgehead atoms. The minimum Gasteiger partial charge on any atom is -0.344 e. The SMILES string of the molecule is c1cc(C23CCC4(c5cnc(C6CCCN6)[nH]5)CCC24C3)ccc1-c1cnc(C2CCCN2)[nH]1. The highest BCUT2D eigenvalue weighted by molar-refractivity contribution is 5.61. The summed E-state index contributed by atoms with van der Waals surface area (Å²) in [6, 6.07) is 10.3. The highest BCUT2D eigenvalue weighted by Crippen LogP contribution is 2.88. The van der Waals surface area contributed by atoms with Crippen molar-refractivity contribution in [3.63, 3.8) is 0 Å². The zero-order valence-corrected chi connectivity index (χ0v) is 19.8. The van der Waals surface area contributed by atoms with Crippen molar-refractivity contribution >= 4 is 0 Å². The van der Waals surface area contributed by atoms with Gasteiger partial charge in [-0.05, 0) is 87.4 Å². The van der Waals surface area contributed by atoms with Crippen LogP contribution < -0.4 is 10.6 Å². The maximum absolute atomic E-state index is 4.85. The van der Waals surface area contributed by atoms with E-state index in [0.29, 0.717) is 28.3 Å². The largest absolute Gasteiger partial charge is 0.344 e. The molecule has 3 aliphatic carbocycles. The van der Waals surface area contributed by atoms with Gasteiger partial charge >= 0.3 is 0 Å². The van der Waals surface area contributed by atoms with Gasteiger partial charge in [0.2, 0.25) is 0 Å². The quantitative estimate of drug-likeness (QED) is 0.446. The van der Waals surface area contributed by atoms with Crippen LogP contribution in [0.15, 0.2) is 36.7 Å². The third kappa shape index (κ3) is 2.43. The van der Waals surface area contributed by atoms with Gasteiger partial charge in [-0.3, -0.25) is 0 Å². The molecule has 8 rings (SSSR count). The lowest BCUT2D eigenvalue weighted by molar-refractivity contribution is 0.100. The summed E-state index contributed by atoms with van der Waals surface area (Å²) < 4.78 is 0. The van der Waals surface area contributed by atoms with Gasteiger partial charge in [-0.15, -0.1) is 0 Å².